The molecule has 0 aliphatic carbocycles. The van der Waals surface area contributed by atoms with Gasteiger partial charge in [0.1, 0.15) is 5.82 Å². The van der Waals surface area contributed by atoms with Gasteiger partial charge in [-0.05, 0) is 78.9 Å². The lowest BCUT2D eigenvalue weighted by molar-refractivity contribution is -0.138. The number of alkyl halides is 3. The van der Waals surface area contributed by atoms with Crippen LogP contribution in [0.5, 0.6) is 0 Å². The van der Waals surface area contributed by atoms with Crippen LogP contribution in [0.4, 0.5) is 13.2 Å². The number of carbonyl (C=O) groups excluding carboxylic acids is 1. The first-order valence-electron chi connectivity index (χ1n) is 12.8. The van der Waals surface area contributed by atoms with Crippen LogP contribution in [0.25, 0.3) is 0 Å². The van der Waals surface area contributed by atoms with Crippen molar-refractivity contribution in [3.8, 4) is 0 Å². The van der Waals surface area contributed by atoms with Gasteiger partial charge in [-0.2, -0.15) is 13.2 Å². The highest BCUT2D eigenvalue weighted by Gasteiger charge is 2.35. The molecule has 0 saturated carbocycles. The number of benzene rings is 2. The van der Waals surface area contributed by atoms with Gasteiger partial charge in [-0.25, -0.2) is 9.97 Å². The highest BCUT2D eigenvalue weighted by molar-refractivity contribution is 5.77. The van der Waals surface area contributed by atoms with Crippen molar-refractivity contribution in [3.63, 3.8) is 0 Å². The highest BCUT2D eigenvalue weighted by atomic mass is 19.4. The van der Waals surface area contributed by atoms with Gasteiger partial charge in [0, 0.05) is 12.6 Å². The standard InChI is InChI=1S/C29H33F3N4O/c1-2-19-15-23(21-11-13-34-14-12-21)7-8-24(19)17-28-35-18-25(29(30,31)32)26(36-28)10-9-20-5-3-4-6-22(20)16-27(33)37/h3-8,15,18,21,34H,2,9-14,16-17H2,1H3,(H2,33,37). The Bertz CT molecular complexity index is 1240. The third-order valence-electron chi connectivity index (χ3n) is 7.11. The van der Waals surface area contributed by atoms with Crippen molar-refractivity contribution in [2.75, 3.05) is 13.1 Å². The number of nitrogens with one attached hydrogen (secondary N) is 1. The summed E-state index contributed by atoms with van der Waals surface area (Å²) in [5.74, 6) is 0.426. The second kappa shape index (κ2) is 11.9. The average molecular weight is 511 g/mol. The van der Waals surface area contributed by atoms with Crippen LogP contribution in [0.3, 0.4) is 0 Å². The number of hydrogen-bond donors (Lipinski definition) is 2. The van der Waals surface area contributed by atoms with E-state index in [1.54, 1.807) is 18.2 Å². The Hall–Kier alpha value is -3.26. The molecule has 0 bridgehead atoms. The fourth-order valence-electron chi connectivity index (χ4n) is 5.11. The van der Waals surface area contributed by atoms with Crippen LogP contribution in [0.1, 0.15) is 70.6 Å². The first-order chi connectivity index (χ1) is 17.7. The van der Waals surface area contributed by atoms with Crippen molar-refractivity contribution in [3.05, 3.63) is 93.6 Å². The molecule has 5 nitrogen and oxygen atoms in total. The second-order valence-electron chi connectivity index (χ2n) is 9.64. The van der Waals surface area contributed by atoms with E-state index in [1.807, 2.05) is 6.07 Å². The Kier molecular flexibility index (Phi) is 8.59. The van der Waals surface area contributed by atoms with E-state index in [2.05, 4.69) is 40.4 Å². The van der Waals surface area contributed by atoms with Crippen molar-refractivity contribution >= 4 is 5.91 Å². The van der Waals surface area contributed by atoms with Crippen LogP contribution in [-0.2, 0) is 43.1 Å². The predicted molar refractivity (Wildman–Crippen MR) is 137 cm³/mol. The number of aryl methyl sites for hydroxylation is 3. The topological polar surface area (TPSA) is 80.9 Å². The van der Waals surface area contributed by atoms with Crippen molar-refractivity contribution in [1.29, 1.82) is 0 Å². The van der Waals surface area contributed by atoms with E-state index in [-0.39, 0.29) is 18.5 Å². The van der Waals surface area contributed by atoms with Gasteiger partial charge in [0.05, 0.1) is 17.7 Å². The summed E-state index contributed by atoms with van der Waals surface area (Å²) in [5, 5.41) is 3.39. The summed E-state index contributed by atoms with van der Waals surface area (Å²) in [6.45, 7) is 4.12. The first-order valence-corrected chi connectivity index (χ1v) is 12.8. The molecule has 1 fully saturated rings. The SMILES string of the molecule is CCc1cc(C2CCNCC2)ccc1Cc1ncc(C(F)(F)F)c(CCc2ccccc2CC(N)=O)n1. The van der Waals surface area contributed by atoms with E-state index in [0.29, 0.717) is 24.6 Å². The summed E-state index contributed by atoms with van der Waals surface area (Å²) in [7, 11) is 0. The van der Waals surface area contributed by atoms with Crippen molar-refractivity contribution in [2.45, 2.75) is 64.0 Å². The molecule has 0 spiro atoms. The smallest absolute Gasteiger partial charge is 0.369 e. The van der Waals surface area contributed by atoms with E-state index in [9.17, 15) is 18.0 Å². The monoisotopic (exact) mass is 510 g/mol. The van der Waals surface area contributed by atoms with Crippen LogP contribution >= 0.6 is 0 Å². The fourth-order valence-corrected chi connectivity index (χ4v) is 5.11. The molecule has 37 heavy (non-hydrogen) atoms. The van der Waals surface area contributed by atoms with E-state index in [1.165, 1.54) is 11.1 Å². The van der Waals surface area contributed by atoms with Gasteiger partial charge >= 0.3 is 6.18 Å². The lowest BCUT2D eigenvalue weighted by Gasteiger charge is -2.24. The molecule has 2 aromatic carbocycles. The van der Waals surface area contributed by atoms with Crippen molar-refractivity contribution in [1.82, 2.24) is 15.3 Å². The molecular formula is C29H33F3N4O. The minimum Gasteiger partial charge on any atom is -0.369 e. The predicted octanol–water partition coefficient (Wildman–Crippen LogP) is 4.93. The van der Waals surface area contributed by atoms with E-state index < -0.39 is 17.6 Å². The number of nitrogens with zero attached hydrogens (tertiary/aromatic N) is 2. The average Bonchev–Trinajstić information content (AvgIpc) is 2.88. The molecule has 1 aromatic heterocycles. The quantitative estimate of drug-likeness (QED) is 0.428. The van der Waals surface area contributed by atoms with Crippen LogP contribution in [-0.4, -0.2) is 29.0 Å². The maximum absolute atomic E-state index is 13.8. The normalized spacial score (nSPS) is 14.6. The zero-order valence-corrected chi connectivity index (χ0v) is 21.1. The molecule has 3 N–H and O–H groups in total. The number of hydrogen-bond acceptors (Lipinski definition) is 4. The van der Waals surface area contributed by atoms with Crippen LogP contribution in [0, 0.1) is 0 Å². The van der Waals surface area contributed by atoms with Crippen LogP contribution < -0.4 is 11.1 Å². The Morgan fingerprint density at radius 2 is 1.76 bits per heavy atom. The fraction of sp³-hybridized carbons (Fsp3) is 0.414. The van der Waals surface area contributed by atoms with E-state index in [4.69, 9.17) is 5.73 Å². The molecular weight excluding hydrogens is 477 g/mol. The minimum atomic E-state index is -4.55. The number of halogens is 3. The molecule has 8 heteroatoms. The number of amides is 1. The first kappa shape index (κ1) is 26.8. The van der Waals surface area contributed by atoms with Crippen LogP contribution in [0.2, 0.25) is 0 Å². The molecule has 0 radical (unpaired) electrons. The van der Waals surface area contributed by atoms with Gasteiger partial charge in [0.2, 0.25) is 5.91 Å². The molecule has 1 aliphatic rings. The molecule has 4 rings (SSSR count). The Morgan fingerprint density at radius 1 is 1.03 bits per heavy atom. The number of rotatable bonds is 9. The maximum atomic E-state index is 13.8. The third-order valence-corrected chi connectivity index (χ3v) is 7.11. The van der Waals surface area contributed by atoms with Crippen molar-refractivity contribution in [2.24, 2.45) is 5.73 Å². The lowest BCUT2D eigenvalue weighted by Crippen LogP contribution is -2.26. The minimum absolute atomic E-state index is 0.0317. The van der Waals surface area contributed by atoms with Gasteiger partial charge in [-0.1, -0.05) is 49.4 Å². The van der Waals surface area contributed by atoms with Crippen molar-refractivity contribution < 1.29 is 18.0 Å². The molecule has 0 atom stereocenters. The summed E-state index contributed by atoms with van der Waals surface area (Å²) in [4.78, 5) is 19.9. The highest BCUT2D eigenvalue weighted by Crippen LogP contribution is 2.32. The molecule has 1 amide bonds. The number of primary amides is 1. The van der Waals surface area contributed by atoms with Gasteiger partial charge in [0.15, 0.2) is 0 Å². The van der Waals surface area contributed by atoms with E-state index >= 15 is 0 Å². The van der Waals surface area contributed by atoms with E-state index in [0.717, 1.165) is 55.2 Å². The Labute approximate surface area is 215 Å². The summed E-state index contributed by atoms with van der Waals surface area (Å²) >= 11 is 0. The molecule has 1 saturated heterocycles. The Balaban J connectivity index is 1.58. The molecule has 1 aliphatic heterocycles. The molecule has 2 heterocycles. The van der Waals surface area contributed by atoms with Gasteiger partial charge < -0.3 is 11.1 Å². The zero-order chi connectivity index (χ0) is 26.4. The number of piperidine rings is 1. The second-order valence-corrected chi connectivity index (χ2v) is 9.64. The molecule has 0 unspecified atom stereocenters. The summed E-state index contributed by atoms with van der Waals surface area (Å²) < 4.78 is 41.3. The van der Waals surface area contributed by atoms with Crippen LogP contribution in [0.15, 0.2) is 48.7 Å². The summed E-state index contributed by atoms with van der Waals surface area (Å²) in [6, 6.07) is 13.6. The van der Waals surface area contributed by atoms with Gasteiger partial charge in [-0.3, -0.25) is 4.79 Å². The molecule has 196 valence electrons. The summed E-state index contributed by atoms with van der Waals surface area (Å²) in [6.07, 6.45) is 0.214. The third kappa shape index (κ3) is 6.95. The molecule has 3 aromatic rings. The van der Waals surface area contributed by atoms with Gasteiger partial charge in [-0.15, -0.1) is 0 Å². The lowest BCUT2D eigenvalue weighted by atomic mass is 9.87. The zero-order valence-electron chi connectivity index (χ0n) is 21.1. The number of aromatic nitrogens is 2. The summed E-state index contributed by atoms with van der Waals surface area (Å²) in [5.41, 5.74) is 9.54. The largest absolute Gasteiger partial charge is 0.419 e. The number of carbonyl (C=O) groups is 1. The maximum Gasteiger partial charge on any atom is 0.419 e. The number of nitrogens with two attached hydrogens (primary N) is 1. The Morgan fingerprint density at radius 3 is 2.43 bits per heavy atom. The van der Waals surface area contributed by atoms with Gasteiger partial charge in [0.25, 0.3) is 0 Å².